The lowest BCUT2D eigenvalue weighted by molar-refractivity contribution is 0.0692. The van der Waals surface area contributed by atoms with E-state index in [-0.39, 0.29) is 18.3 Å². The van der Waals surface area contributed by atoms with Crippen molar-refractivity contribution in [1.29, 1.82) is 0 Å². The Hall–Kier alpha value is -0.300. The number of rotatable bonds is 5. The Balaban J connectivity index is 0.00000242. The van der Waals surface area contributed by atoms with Gasteiger partial charge in [0, 0.05) is 18.0 Å². The van der Waals surface area contributed by atoms with Crippen LogP contribution in [0.5, 0.6) is 5.75 Å². The van der Waals surface area contributed by atoms with E-state index in [1.54, 1.807) is 7.11 Å². The average molecular weight is 412 g/mol. The largest absolute Gasteiger partial charge is 0.494 e. The maximum Gasteiger partial charge on any atom is 0.267 e. The van der Waals surface area contributed by atoms with Crippen LogP contribution in [0.2, 0.25) is 0 Å². The predicted molar refractivity (Wildman–Crippen MR) is 97.7 cm³/mol. The molecule has 2 heterocycles. The number of ether oxygens (including phenoxy) is 1. The third-order valence-electron chi connectivity index (χ3n) is 3.95. The fourth-order valence-corrected chi connectivity index (χ4v) is 4.38. The van der Waals surface area contributed by atoms with Gasteiger partial charge in [0.15, 0.2) is 5.75 Å². The highest BCUT2D eigenvalue weighted by Gasteiger charge is 2.28. The number of amides is 1. The lowest BCUT2D eigenvalue weighted by Gasteiger charge is -2.32. The van der Waals surface area contributed by atoms with Crippen molar-refractivity contribution in [3.63, 3.8) is 0 Å². The molecule has 0 unspecified atom stereocenters. The highest BCUT2D eigenvalue weighted by Crippen LogP contribution is 2.40. The first-order chi connectivity index (χ1) is 10.1. The van der Waals surface area contributed by atoms with Crippen LogP contribution in [0.4, 0.5) is 0 Å². The van der Waals surface area contributed by atoms with Gasteiger partial charge in [0.2, 0.25) is 0 Å². The van der Waals surface area contributed by atoms with Crippen LogP contribution in [-0.4, -0.2) is 44.1 Å². The normalized spacial score (nSPS) is 15.5. The number of carbonyl (C=O) groups is 1. The minimum absolute atomic E-state index is 0. The van der Waals surface area contributed by atoms with Gasteiger partial charge >= 0.3 is 0 Å². The summed E-state index contributed by atoms with van der Waals surface area (Å²) in [6.45, 7) is 7.88. The number of likely N-dealkylation sites (tertiary alicyclic amines) is 1. The van der Waals surface area contributed by atoms with Crippen LogP contribution < -0.4 is 10.1 Å². The third kappa shape index (κ3) is 4.37. The average Bonchev–Trinajstić information content (AvgIpc) is 2.80. The van der Waals surface area contributed by atoms with Crippen LogP contribution in [0.3, 0.4) is 0 Å². The lowest BCUT2D eigenvalue weighted by atomic mass is 9.96. The van der Waals surface area contributed by atoms with Crippen molar-refractivity contribution in [2.45, 2.75) is 26.7 Å². The number of nitrogens with zero attached hydrogens (tertiary/aromatic N) is 1. The molecule has 1 N–H and O–H groups in total. The van der Waals surface area contributed by atoms with Gasteiger partial charge in [-0.05, 0) is 54.7 Å². The summed E-state index contributed by atoms with van der Waals surface area (Å²) in [5, 5.41) is 3.40. The molecule has 0 aromatic carbocycles. The number of halogens is 2. The SMILES string of the molecule is CCNCC1CCN(C(=O)c2sc(C)c(Br)c2OC)CC1.Cl. The van der Waals surface area contributed by atoms with Crippen molar-refractivity contribution in [2.75, 3.05) is 33.3 Å². The van der Waals surface area contributed by atoms with Gasteiger partial charge in [0.1, 0.15) is 4.88 Å². The molecule has 1 amide bonds. The van der Waals surface area contributed by atoms with Gasteiger partial charge in [0.05, 0.1) is 11.6 Å². The number of aryl methyl sites for hydroxylation is 1. The summed E-state index contributed by atoms with van der Waals surface area (Å²) >= 11 is 5.00. The molecule has 1 aliphatic heterocycles. The number of hydrogen-bond donors (Lipinski definition) is 1. The van der Waals surface area contributed by atoms with E-state index in [0.29, 0.717) is 16.5 Å². The Morgan fingerprint density at radius 3 is 2.64 bits per heavy atom. The summed E-state index contributed by atoms with van der Waals surface area (Å²) in [6.07, 6.45) is 2.15. The van der Waals surface area contributed by atoms with Crippen LogP contribution in [0.15, 0.2) is 4.47 Å². The fourth-order valence-electron chi connectivity index (χ4n) is 2.66. The Labute approximate surface area is 151 Å². The van der Waals surface area contributed by atoms with Gasteiger partial charge < -0.3 is 15.0 Å². The van der Waals surface area contributed by atoms with E-state index in [4.69, 9.17) is 4.74 Å². The number of thiophene rings is 1. The predicted octanol–water partition coefficient (Wildman–Crippen LogP) is 3.71. The number of piperidine rings is 1. The zero-order valence-corrected chi connectivity index (χ0v) is 16.5. The molecule has 1 aromatic rings. The van der Waals surface area contributed by atoms with Crippen LogP contribution in [-0.2, 0) is 0 Å². The molecule has 2 rings (SSSR count). The second-order valence-electron chi connectivity index (χ2n) is 5.38. The quantitative estimate of drug-likeness (QED) is 0.803. The van der Waals surface area contributed by atoms with Crippen LogP contribution in [0.1, 0.15) is 34.3 Å². The lowest BCUT2D eigenvalue weighted by Crippen LogP contribution is -2.40. The van der Waals surface area contributed by atoms with Crippen LogP contribution in [0, 0.1) is 12.8 Å². The van der Waals surface area contributed by atoms with Gasteiger partial charge in [0.25, 0.3) is 5.91 Å². The molecule has 1 aliphatic rings. The van der Waals surface area contributed by atoms with E-state index >= 15 is 0 Å². The van der Waals surface area contributed by atoms with E-state index in [1.807, 2.05) is 11.8 Å². The molecular weight excluding hydrogens is 388 g/mol. The molecule has 4 nitrogen and oxygen atoms in total. The summed E-state index contributed by atoms with van der Waals surface area (Å²) in [5.74, 6) is 1.47. The zero-order valence-electron chi connectivity index (χ0n) is 13.3. The first-order valence-electron chi connectivity index (χ1n) is 7.41. The van der Waals surface area contributed by atoms with Gasteiger partial charge in [-0.2, -0.15) is 0 Å². The summed E-state index contributed by atoms with van der Waals surface area (Å²) < 4.78 is 6.29. The fraction of sp³-hybridized carbons (Fsp3) is 0.667. The highest BCUT2D eigenvalue weighted by atomic mass is 79.9. The molecular formula is C15H24BrClN2O2S. The summed E-state index contributed by atoms with van der Waals surface area (Å²) in [5.41, 5.74) is 0. The Kier molecular flexibility index (Phi) is 8.17. The third-order valence-corrected chi connectivity index (χ3v) is 6.24. The minimum atomic E-state index is 0. The molecule has 0 aliphatic carbocycles. The first-order valence-corrected chi connectivity index (χ1v) is 9.02. The van der Waals surface area contributed by atoms with Crippen molar-refractivity contribution in [3.05, 3.63) is 14.2 Å². The molecule has 1 fully saturated rings. The summed E-state index contributed by atoms with van der Waals surface area (Å²) in [4.78, 5) is 16.4. The maximum absolute atomic E-state index is 12.7. The number of hydrogen-bond acceptors (Lipinski definition) is 4. The van der Waals surface area contributed by atoms with Gasteiger partial charge in [-0.1, -0.05) is 6.92 Å². The molecule has 7 heteroatoms. The van der Waals surface area contributed by atoms with Crippen molar-refractivity contribution in [1.82, 2.24) is 10.2 Å². The van der Waals surface area contributed by atoms with E-state index < -0.39 is 0 Å². The number of methoxy groups -OCH3 is 1. The summed E-state index contributed by atoms with van der Waals surface area (Å²) in [7, 11) is 1.62. The van der Waals surface area contributed by atoms with E-state index in [9.17, 15) is 4.79 Å². The van der Waals surface area contributed by atoms with Crippen molar-refractivity contribution >= 4 is 45.6 Å². The molecule has 0 bridgehead atoms. The number of nitrogens with one attached hydrogen (secondary N) is 1. The minimum Gasteiger partial charge on any atom is -0.494 e. The van der Waals surface area contributed by atoms with Gasteiger partial charge in [-0.25, -0.2) is 0 Å². The topological polar surface area (TPSA) is 41.6 Å². The first kappa shape index (κ1) is 19.7. The number of carbonyl (C=O) groups excluding carboxylic acids is 1. The van der Waals surface area contributed by atoms with E-state index in [0.717, 1.165) is 48.4 Å². The monoisotopic (exact) mass is 410 g/mol. The molecule has 0 saturated carbocycles. The second kappa shape index (κ2) is 9.11. The molecule has 0 atom stereocenters. The van der Waals surface area contributed by atoms with E-state index in [1.165, 1.54) is 11.3 Å². The van der Waals surface area contributed by atoms with Gasteiger partial charge in [-0.3, -0.25) is 4.79 Å². The molecule has 0 radical (unpaired) electrons. The van der Waals surface area contributed by atoms with Crippen LogP contribution >= 0.6 is 39.7 Å². The van der Waals surface area contributed by atoms with Crippen molar-refractivity contribution < 1.29 is 9.53 Å². The maximum atomic E-state index is 12.7. The van der Waals surface area contributed by atoms with Crippen molar-refractivity contribution in [2.24, 2.45) is 5.92 Å². The Bertz CT molecular complexity index is 502. The molecule has 1 aromatic heterocycles. The van der Waals surface area contributed by atoms with Crippen LogP contribution in [0.25, 0.3) is 0 Å². The molecule has 1 saturated heterocycles. The zero-order chi connectivity index (χ0) is 15.4. The highest BCUT2D eigenvalue weighted by molar-refractivity contribution is 9.10. The molecule has 126 valence electrons. The smallest absolute Gasteiger partial charge is 0.267 e. The second-order valence-corrected chi connectivity index (χ2v) is 7.40. The van der Waals surface area contributed by atoms with E-state index in [2.05, 4.69) is 28.2 Å². The molecule has 0 spiro atoms. The van der Waals surface area contributed by atoms with Gasteiger partial charge in [-0.15, -0.1) is 23.7 Å². The van der Waals surface area contributed by atoms with Crippen molar-refractivity contribution in [3.8, 4) is 5.75 Å². The standard InChI is InChI=1S/C15H23BrN2O2S.ClH/c1-4-17-9-11-5-7-18(8-6-11)15(19)14-13(20-3)12(16)10(2)21-14;/h11,17H,4-9H2,1-3H3;1H. The summed E-state index contributed by atoms with van der Waals surface area (Å²) in [6, 6.07) is 0. The Morgan fingerprint density at radius 2 is 2.09 bits per heavy atom. The molecule has 22 heavy (non-hydrogen) atoms. The Morgan fingerprint density at radius 1 is 1.45 bits per heavy atom.